The lowest BCUT2D eigenvalue weighted by atomic mass is 9.85. The minimum absolute atomic E-state index is 0. The zero-order valence-corrected chi connectivity index (χ0v) is 21.3. The van der Waals surface area contributed by atoms with Crippen molar-refractivity contribution in [1.82, 2.24) is 20.4 Å². The Labute approximate surface area is 198 Å². The number of rotatable bonds is 9. The first-order chi connectivity index (χ1) is 13.8. The molecule has 1 saturated carbocycles. The highest BCUT2D eigenvalue weighted by molar-refractivity contribution is 14.0. The minimum Gasteiger partial charge on any atom is -0.357 e. The van der Waals surface area contributed by atoms with Crippen LogP contribution in [0.5, 0.6) is 0 Å². The van der Waals surface area contributed by atoms with E-state index in [1.54, 1.807) is 0 Å². The number of carbonyl (C=O) groups excluding carboxylic acids is 2. The molecular formula is C22H38IN5O2. The number of nitrogens with zero attached hydrogens (tertiary/aromatic N) is 3. The van der Waals surface area contributed by atoms with Crippen molar-refractivity contribution in [2.24, 2.45) is 34.6 Å². The van der Waals surface area contributed by atoms with Gasteiger partial charge in [0.25, 0.3) is 0 Å². The highest BCUT2D eigenvalue weighted by atomic mass is 127. The van der Waals surface area contributed by atoms with Gasteiger partial charge in [-0.1, -0.05) is 26.0 Å². The smallest absolute Gasteiger partial charge is 0.233 e. The molecule has 1 saturated heterocycles. The predicted octanol–water partition coefficient (Wildman–Crippen LogP) is 1.94. The molecule has 1 aliphatic heterocycles. The van der Waals surface area contributed by atoms with E-state index < -0.39 is 0 Å². The number of halogens is 1. The van der Waals surface area contributed by atoms with E-state index in [0.29, 0.717) is 31.6 Å². The molecular weight excluding hydrogens is 493 g/mol. The Bertz CT molecular complexity index is 648. The summed E-state index contributed by atoms with van der Waals surface area (Å²) in [6.07, 6.45) is 6.32. The largest absolute Gasteiger partial charge is 0.357 e. The Morgan fingerprint density at radius 2 is 1.77 bits per heavy atom. The molecule has 0 radical (unpaired) electrons. The monoisotopic (exact) mass is 531 g/mol. The Morgan fingerprint density at radius 3 is 2.27 bits per heavy atom. The van der Waals surface area contributed by atoms with E-state index >= 15 is 0 Å². The van der Waals surface area contributed by atoms with Gasteiger partial charge in [0.15, 0.2) is 5.96 Å². The first-order valence-electron chi connectivity index (χ1n) is 11.1. The third kappa shape index (κ3) is 5.36. The predicted molar refractivity (Wildman–Crippen MR) is 131 cm³/mol. The van der Waals surface area contributed by atoms with Gasteiger partial charge in [0.1, 0.15) is 0 Å². The van der Waals surface area contributed by atoms with Crippen LogP contribution < -0.4 is 10.6 Å². The maximum atomic E-state index is 12.8. The molecule has 0 spiro atoms. The van der Waals surface area contributed by atoms with Gasteiger partial charge in [-0.3, -0.25) is 19.5 Å². The lowest BCUT2D eigenvalue weighted by molar-refractivity contribution is -0.140. The molecule has 2 aliphatic carbocycles. The number of hydrogen-bond acceptors (Lipinski definition) is 4. The van der Waals surface area contributed by atoms with Crippen LogP contribution in [0.25, 0.3) is 0 Å². The number of imide groups is 1. The number of likely N-dealkylation sites (N-methyl/N-ethyl adjacent to an activating group) is 1. The van der Waals surface area contributed by atoms with Crippen LogP contribution in [-0.4, -0.2) is 73.9 Å². The summed E-state index contributed by atoms with van der Waals surface area (Å²) in [5.74, 6) is 1.70. The van der Waals surface area contributed by atoms with Gasteiger partial charge >= 0.3 is 0 Å². The number of guanidine groups is 1. The molecule has 5 unspecified atom stereocenters. The summed E-state index contributed by atoms with van der Waals surface area (Å²) in [7, 11) is 4.18. The molecule has 0 aromatic carbocycles. The lowest BCUT2D eigenvalue weighted by Gasteiger charge is -2.25. The van der Waals surface area contributed by atoms with Crippen molar-refractivity contribution in [1.29, 1.82) is 0 Å². The van der Waals surface area contributed by atoms with E-state index in [9.17, 15) is 9.59 Å². The number of fused-ring (bicyclic) bond motifs is 5. The molecule has 0 aromatic rings. The molecule has 7 nitrogen and oxygen atoms in total. The standard InChI is InChI=1S/C22H37N5O2.HI/c1-6-23-22(25-13-17(26(4)5)11-14(2)3)24-9-10-27-20(28)18-15-7-8-16(12-15)19(18)21(27)29;/h7-8,14-19H,6,9-13H2,1-5H3,(H2,23,24,25);1H. The molecule has 170 valence electrons. The van der Waals surface area contributed by atoms with Gasteiger partial charge in [0.05, 0.1) is 18.4 Å². The van der Waals surface area contributed by atoms with Crippen LogP contribution in [-0.2, 0) is 9.59 Å². The molecule has 2 fully saturated rings. The van der Waals surface area contributed by atoms with Gasteiger partial charge in [-0.2, -0.15) is 0 Å². The third-order valence-electron chi connectivity index (χ3n) is 6.47. The third-order valence-corrected chi connectivity index (χ3v) is 6.47. The van der Waals surface area contributed by atoms with Crippen molar-refractivity contribution in [3.8, 4) is 0 Å². The average Bonchev–Trinajstić information content (AvgIpc) is 3.33. The number of likely N-dealkylation sites (tertiary alicyclic amines) is 1. The van der Waals surface area contributed by atoms with Crippen molar-refractivity contribution < 1.29 is 9.59 Å². The summed E-state index contributed by atoms with van der Waals surface area (Å²) in [5, 5.41) is 6.56. The van der Waals surface area contributed by atoms with Crippen molar-refractivity contribution >= 4 is 41.8 Å². The fourth-order valence-corrected chi connectivity index (χ4v) is 5.00. The fraction of sp³-hybridized carbons (Fsp3) is 0.773. The topological polar surface area (TPSA) is 77.0 Å². The number of carbonyl (C=O) groups is 2. The maximum absolute atomic E-state index is 12.8. The number of allylic oxidation sites excluding steroid dienone is 2. The lowest BCUT2D eigenvalue weighted by Crippen LogP contribution is -2.44. The summed E-state index contributed by atoms with van der Waals surface area (Å²) < 4.78 is 0. The molecule has 3 aliphatic rings. The first-order valence-corrected chi connectivity index (χ1v) is 11.1. The average molecular weight is 531 g/mol. The summed E-state index contributed by atoms with van der Waals surface area (Å²) in [6, 6.07) is 0.384. The van der Waals surface area contributed by atoms with Crippen LogP contribution in [0.4, 0.5) is 0 Å². The molecule has 30 heavy (non-hydrogen) atoms. The molecule has 0 aromatic heterocycles. The number of amides is 2. The molecule has 3 rings (SSSR count). The van der Waals surface area contributed by atoms with Crippen molar-refractivity contribution in [3.05, 3.63) is 12.2 Å². The second-order valence-corrected chi connectivity index (χ2v) is 9.22. The van der Waals surface area contributed by atoms with Crippen LogP contribution in [0, 0.1) is 29.6 Å². The summed E-state index contributed by atoms with van der Waals surface area (Å²) in [6.45, 7) is 8.88. The molecule has 1 heterocycles. The van der Waals surface area contributed by atoms with Crippen LogP contribution in [0.1, 0.15) is 33.6 Å². The van der Waals surface area contributed by atoms with Crippen molar-refractivity contribution in [2.45, 2.75) is 39.7 Å². The van der Waals surface area contributed by atoms with Gasteiger partial charge in [-0.15, -0.1) is 24.0 Å². The zero-order chi connectivity index (χ0) is 21.1. The van der Waals surface area contributed by atoms with E-state index in [0.717, 1.165) is 25.3 Å². The number of aliphatic imine (C=N–C) groups is 1. The van der Waals surface area contributed by atoms with E-state index in [1.165, 1.54) is 4.90 Å². The van der Waals surface area contributed by atoms with E-state index in [-0.39, 0.29) is 59.5 Å². The van der Waals surface area contributed by atoms with Gasteiger partial charge in [-0.05, 0) is 51.6 Å². The second-order valence-electron chi connectivity index (χ2n) is 9.22. The van der Waals surface area contributed by atoms with Crippen LogP contribution in [0.2, 0.25) is 0 Å². The molecule has 8 heteroatoms. The van der Waals surface area contributed by atoms with Gasteiger partial charge in [0, 0.05) is 25.7 Å². The van der Waals surface area contributed by atoms with Crippen LogP contribution in [0.3, 0.4) is 0 Å². The summed E-state index contributed by atoms with van der Waals surface area (Å²) >= 11 is 0. The van der Waals surface area contributed by atoms with Crippen molar-refractivity contribution in [2.75, 3.05) is 40.3 Å². The maximum Gasteiger partial charge on any atom is 0.233 e. The Kier molecular flexibility index (Phi) is 9.14. The normalized spacial score (nSPS) is 28.4. The fourth-order valence-electron chi connectivity index (χ4n) is 5.00. The summed E-state index contributed by atoms with van der Waals surface area (Å²) in [4.78, 5) is 34.0. The Hall–Kier alpha value is -1.16. The minimum atomic E-state index is -0.115. The first kappa shape index (κ1) is 25.1. The zero-order valence-electron chi connectivity index (χ0n) is 18.9. The molecule has 5 atom stereocenters. The second kappa shape index (κ2) is 10.9. The van der Waals surface area contributed by atoms with Gasteiger partial charge in [0.2, 0.25) is 11.8 Å². The van der Waals surface area contributed by atoms with Gasteiger partial charge in [-0.25, -0.2) is 0 Å². The van der Waals surface area contributed by atoms with Crippen LogP contribution in [0.15, 0.2) is 17.1 Å². The van der Waals surface area contributed by atoms with E-state index in [2.05, 4.69) is 55.6 Å². The molecule has 2 amide bonds. The number of nitrogens with one attached hydrogen (secondary N) is 2. The highest BCUT2D eigenvalue weighted by Gasteiger charge is 2.58. The van der Waals surface area contributed by atoms with Crippen LogP contribution >= 0.6 is 24.0 Å². The molecule has 2 N–H and O–H groups in total. The highest BCUT2D eigenvalue weighted by Crippen LogP contribution is 2.52. The van der Waals surface area contributed by atoms with Crippen molar-refractivity contribution in [3.63, 3.8) is 0 Å². The van der Waals surface area contributed by atoms with Gasteiger partial charge < -0.3 is 15.5 Å². The Morgan fingerprint density at radius 1 is 1.17 bits per heavy atom. The van der Waals surface area contributed by atoms with E-state index in [4.69, 9.17) is 4.99 Å². The summed E-state index contributed by atoms with van der Waals surface area (Å²) in [5.41, 5.74) is 0. The Balaban J connectivity index is 0.00000320. The number of hydrogen-bond donors (Lipinski definition) is 2. The quantitative estimate of drug-likeness (QED) is 0.156. The van der Waals surface area contributed by atoms with E-state index in [1.807, 2.05) is 6.92 Å². The molecule has 2 bridgehead atoms. The SMILES string of the molecule is CCNC(=NCC(CC(C)C)N(C)C)NCCN1C(=O)C2C3C=CC(C3)C2C1=O.I.